The van der Waals surface area contributed by atoms with Crippen molar-refractivity contribution in [2.24, 2.45) is 0 Å². The van der Waals surface area contributed by atoms with Gasteiger partial charge in [0.15, 0.2) is 0 Å². The summed E-state index contributed by atoms with van der Waals surface area (Å²) in [5.41, 5.74) is 2.15. The minimum Gasteiger partial charge on any atom is -0.378 e. The summed E-state index contributed by atoms with van der Waals surface area (Å²) >= 11 is 0. The Morgan fingerprint density at radius 3 is 2.26 bits per heavy atom. The van der Waals surface area contributed by atoms with Crippen LogP contribution in [0.5, 0.6) is 0 Å². The van der Waals surface area contributed by atoms with Crippen LogP contribution in [-0.4, -0.2) is 75.5 Å². The van der Waals surface area contributed by atoms with E-state index in [9.17, 15) is 14.0 Å². The molecule has 1 saturated heterocycles. The third-order valence-electron chi connectivity index (χ3n) is 5.56. The molecule has 2 N–H and O–H groups in total. The van der Waals surface area contributed by atoms with E-state index >= 15 is 0 Å². The fraction of sp³-hybridized carbons (Fsp3) is 0.391. The number of rotatable bonds is 6. The lowest BCUT2D eigenvalue weighted by atomic mass is 10.0. The molecule has 0 saturated carbocycles. The molecule has 3 rings (SSSR count). The molecule has 1 aliphatic rings. The first-order valence-corrected chi connectivity index (χ1v) is 10.4. The van der Waals surface area contributed by atoms with Gasteiger partial charge >= 0.3 is 11.8 Å². The summed E-state index contributed by atoms with van der Waals surface area (Å²) in [5.74, 6) is -2.25. The van der Waals surface area contributed by atoms with E-state index in [-0.39, 0.29) is 18.3 Å². The van der Waals surface area contributed by atoms with Crippen molar-refractivity contribution in [3.8, 4) is 0 Å². The second-order valence-electron chi connectivity index (χ2n) is 7.98. The van der Waals surface area contributed by atoms with Crippen LogP contribution in [0.15, 0.2) is 48.5 Å². The highest BCUT2D eigenvalue weighted by atomic mass is 19.1. The fourth-order valence-corrected chi connectivity index (χ4v) is 3.60. The van der Waals surface area contributed by atoms with Crippen LogP contribution in [0.2, 0.25) is 0 Å². The average Bonchev–Trinajstić information content (AvgIpc) is 2.76. The van der Waals surface area contributed by atoms with Gasteiger partial charge < -0.3 is 20.4 Å². The first kappa shape index (κ1) is 22.7. The Balaban J connectivity index is 1.68. The molecule has 1 heterocycles. The van der Waals surface area contributed by atoms with Crippen LogP contribution in [0.3, 0.4) is 0 Å². The fourth-order valence-electron chi connectivity index (χ4n) is 3.60. The Labute approximate surface area is 182 Å². The molecular weight excluding hydrogens is 397 g/mol. The number of hydrogen-bond acceptors (Lipinski definition) is 5. The van der Waals surface area contributed by atoms with Gasteiger partial charge in [0.25, 0.3) is 0 Å². The zero-order valence-electron chi connectivity index (χ0n) is 18.3. The molecule has 0 aromatic heterocycles. The molecule has 0 radical (unpaired) electrons. The summed E-state index contributed by atoms with van der Waals surface area (Å²) in [5, 5.41) is 5.05. The maximum absolute atomic E-state index is 13.8. The number of carbonyl (C=O) groups is 2. The summed E-state index contributed by atoms with van der Waals surface area (Å²) in [6.07, 6.45) is 0. The standard InChI is InChI=1S/C23H30FN5O2/c1-27(2)18-10-8-17(9-11-18)21(29-14-12-28(3)13-15-29)16-25-22(30)23(31)26-20-7-5-4-6-19(20)24/h4-11,21H,12-16H2,1-3H3,(H,25,30)(H,26,31)/t21-/m1/s1. The SMILES string of the molecule is CN1CCN([C@H](CNC(=O)C(=O)Nc2ccccc2F)c2ccc(N(C)C)cc2)CC1. The van der Waals surface area contributed by atoms with Crippen LogP contribution < -0.4 is 15.5 Å². The third-order valence-corrected chi connectivity index (χ3v) is 5.56. The molecular formula is C23H30FN5O2. The Morgan fingerprint density at radius 2 is 1.65 bits per heavy atom. The lowest BCUT2D eigenvalue weighted by Gasteiger charge is -2.38. The van der Waals surface area contributed by atoms with Crippen molar-refractivity contribution < 1.29 is 14.0 Å². The van der Waals surface area contributed by atoms with E-state index in [1.54, 1.807) is 6.07 Å². The average molecular weight is 428 g/mol. The number of likely N-dealkylation sites (N-methyl/N-ethyl adjacent to an activating group) is 1. The summed E-state index contributed by atoms with van der Waals surface area (Å²) in [6, 6.07) is 13.9. The summed E-state index contributed by atoms with van der Waals surface area (Å²) in [4.78, 5) is 31.2. The van der Waals surface area contributed by atoms with Gasteiger partial charge in [-0.1, -0.05) is 24.3 Å². The van der Waals surface area contributed by atoms with Crippen molar-refractivity contribution in [3.63, 3.8) is 0 Å². The van der Waals surface area contributed by atoms with Crippen molar-refractivity contribution in [1.29, 1.82) is 0 Å². The van der Waals surface area contributed by atoms with Gasteiger partial charge in [-0.15, -0.1) is 0 Å². The molecule has 0 aliphatic carbocycles. The third kappa shape index (κ3) is 6.02. The number of hydrogen-bond donors (Lipinski definition) is 2. The van der Waals surface area contributed by atoms with Gasteiger partial charge in [0.1, 0.15) is 5.82 Å². The van der Waals surface area contributed by atoms with E-state index in [2.05, 4.69) is 39.6 Å². The highest BCUT2D eigenvalue weighted by Crippen LogP contribution is 2.24. The van der Waals surface area contributed by atoms with Crippen LogP contribution in [0.4, 0.5) is 15.8 Å². The minimum atomic E-state index is -0.884. The predicted octanol–water partition coefficient (Wildman–Crippen LogP) is 1.94. The molecule has 1 atom stereocenters. The number of para-hydroxylation sites is 1. The highest BCUT2D eigenvalue weighted by Gasteiger charge is 2.25. The summed E-state index contributed by atoms with van der Waals surface area (Å²) < 4.78 is 13.8. The van der Waals surface area contributed by atoms with Gasteiger partial charge in [-0.25, -0.2) is 4.39 Å². The number of nitrogens with zero attached hydrogens (tertiary/aromatic N) is 3. The predicted molar refractivity (Wildman–Crippen MR) is 121 cm³/mol. The van der Waals surface area contributed by atoms with E-state index in [4.69, 9.17) is 0 Å². The van der Waals surface area contributed by atoms with E-state index in [0.717, 1.165) is 37.4 Å². The lowest BCUT2D eigenvalue weighted by molar-refractivity contribution is -0.136. The van der Waals surface area contributed by atoms with E-state index in [1.807, 2.05) is 31.1 Å². The first-order chi connectivity index (χ1) is 14.8. The molecule has 2 amide bonds. The van der Waals surface area contributed by atoms with Crippen molar-refractivity contribution in [1.82, 2.24) is 15.1 Å². The molecule has 8 heteroatoms. The molecule has 1 fully saturated rings. The summed E-state index contributed by atoms with van der Waals surface area (Å²) in [6.45, 7) is 3.90. The maximum Gasteiger partial charge on any atom is 0.313 e. The van der Waals surface area contributed by atoms with Gasteiger partial charge in [0.2, 0.25) is 0 Å². The highest BCUT2D eigenvalue weighted by molar-refractivity contribution is 6.39. The molecule has 0 bridgehead atoms. The van der Waals surface area contributed by atoms with Crippen LogP contribution in [0.25, 0.3) is 0 Å². The molecule has 2 aromatic rings. The normalized spacial score (nSPS) is 15.9. The maximum atomic E-state index is 13.8. The summed E-state index contributed by atoms with van der Waals surface area (Å²) in [7, 11) is 6.07. The second-order valence-corrected chi connectivity index (χ2v) is 7.98. The Bertz CT molecular complexity index is 895. The number of amides is 2. The Morgan fingerprint density at radius 1 is 1.00 bits per heavy atom. The quantitative estimate of drug-likeness (QED) is 0.690. The van der Waals surface area contributed by atoms with Gasteiger partial charge in [-0.3, -0.25) is 14.5 Å². The van der Waals surface area contributed by atoms with Crippen molar-refractivity contribution in [3.05, 3.63) is 59.9 Å². The van der Waals surface area contributed by atoms with E-state index in [0.29, 0.717) is 0 Å². The largest absolute Gasteiger partial charge is 0.378 e. The van der Waals surface area contributed by atoms with Crippen LogP contribution in [0.1, 0.15) is 11.6 Å². The molecule has 1 aliphatic heterocycles. The number of carbonyl (C=O) groups excluding carboxylic acids is 2. The van der Waals surface area contributed by atoms with Crippen LogP contribution in [-0.2, 0) is 9.59 Å². The number of anilines is 2. The van der Waals surface area contributed by atoms with Crippen LogP contribution >= 0.6 is 0 Å². The Kier molecular flexibility index (Phi) is 7.59. The van der Waals surface area contributed by atoms with Gasteiger partial charge in [-0.2, -0.15) is 0 Å². The van der Waals surface area contributed by atoms with E-state index in [1.165, 1.54) is 18.2 Å². The van der Waals surface area contributed by atoms with Crippen molar-refractivity contribution in [2.75, 3.05) is 64.1 Å². The molecule has 31 heavy (non-hydrogen) atoms. The van der Waals surface area contributed by atoms with Gasteiger partial charge in [0, 0.05) is 52.5 Å². The monoisotopic (exact) mass is 427 g/mol. The zero-order chi connectivity index (χ0) is 22.4. The van der Waals surface area contributed by atoms with Crippen LogP contribution in [0, 0.1) is 5.82 Å². The van der Waals surface area contributed by atoms with Gasteiger partial charge in [0.05, 0.1) is 11.7 Å². The lowest BCUT2D eigenvalue weighted by Crippen LogP contribution is -2.49. The minimum absolute atomic E-state index is 0.0162. The van der Waals surface area contributed by atoms with Gasteiger partial charge in [-0.05, 0) is 36.9 Å². The molecule has 2 aromatic carbocycles. The number of piperazine rings is 1. The number of halogens is 1. The molecule has 166 valence electrons. The van der Waals surface area contributed by atoms with Crippen molar-refractivity contribution in [2.45, 2.75) is 6.04 Å². The topological polar surface area (TPSA) is 67.9 Å². The zero-order valence-corrected chi connectivity index (χ0v) is 18.3. The van der Waals surface area contributed by atoms with Crippen molar-refractivity contribution >= 4 is 23.2 Å². The smallest absolute Gasteiger partial charge is 0.313 e. The molecule has 0 unspecified atom stereocenters. The Hall–Kier alpha value is -2.97. The second kappa shape index (κ2) is 10.4. The van der Waals surface area contributed by atoms with E-state index < -0.39 is 17.6 Å². The molecule has 0 spiro atoms. The number of benzene rings is 2. The molecule has 7 nitrogen and oxygen atoms in total. The number of nitrogens with one attached hydrogen (secondary N) is 2. The first-order valence-electron chi connectivity index (χ1n) is 10.4.